The zero-order chi connectivity index (χ0) is 21.4. The zero-order valence-electron chi connectivity index (χ0n) is 16.0. The number of hydrogen-bond acceptors (Lipinski definition) is 8. The number of nitrogens with zero attached hydrogens (tertiary/aromatic N) is 4. The van der Waals surface area contributed by atoms with E-state index in [4.69, 9.17) is 0 Å². The first kappa shape index (κ1) is 19.5. The van der Waals surface area contributed by atoms with Crippen LogP contribution in [0.1, 0.15) is 17.9 Å². The van der Waals surface area contributed by atoms with E-state index in [1.165, 1.54) is 35.9 Å². The predicted octanol–water partition coefficient (Wildman–Crippen LogP) is 3.02. The average Bonchev–Trinajstić information content (AvgIpc) is 3.47. The molecule has 0 spiro atoms. The fourth-order valence-corrected chi connectivity index (χ4v) is 5.10. The highest BCUT2D eigenvalue weighted by Crippen LogP contribution is 2.48. The van der Waals surface area contributed by atoms with Gasteiger partial charge in [0.05, 0.1) is 15.1 Å². The van der Waals surface area contributed by atoms with Crippen LogP contribution in [0.5, 0.6) is 0 Å². The van der Waals surface area contributed by atoms with Crippen molar-refractivity contribution in [3.63, 3.8) is 0 Å². The lowest BCUT2D eigenvalue weighted by Gasteiger charge is -2.07. The van der Waals surface area contributed by atoms with Crippen molar-refractivity contribution in [2.45, 2.75) is 17.2 Å². The van der Waals surface area contributed by atoms with Gasteiger partial charge in [0, 0.05) is 30.7 Å². The van der Waals surface area contributed by atoms with Gasteiger partial charge in [-0.1, -0.05) is 23.5 Å². The van der Waals surface area contributed by atoms with Crippen molar-refractivity contribution in [2.75, 3.05) is 10.0 Å². The molecule has 2 unspecified atom stereocenters. The van der Waals surface area contributed by atoms with E-state index in [9.17, 15) is 13.2 Å². The summed E-state index contributed by atoms with van der Waals surface area (Å²) in [5, 5.41) is 3.43. The van der Waals surface area contributed by atoms with Crippen molar-refractivity contribution in [1.29, 1.82) is 0 Å². The molecule has 3 heterocycles. The molecular weight excluding hydrogens is 436 g/mol. The number of fused-ring (bicyclic) bond motifs is 1. The number of nitrogens with one attached hydrogen (secondary N) is 2. The summed E-state index contributed by atoms with van der Waals surface area (Å²) in [5.41, 5.74) is 1.72. The number of anilines is 2. The molecule has 4 aromatic rings. The third-order valence-corrected chi connectivity index (χ3v) is 7.22. The molecule has 1 fully saturated rings. The summed E-state index contributed by atoms with van der Waals surface area (Å²) in [7, 11) is -3.79. The molecule has 0 radical (unpaired) electrons. The molecule has 3 aromatic heterocycles. The molecule has 156 valence electrons. The van der Waals surface area contributed by atoms with Crippen LogP contribution >= 0.6 is 11.3 Å². The Balaban J connectivity index is 1.24. The predicted molar refractivity (Wildman–Crippen MR) is 116 cm³/mol. The molecule has 11 heteroatoms. The molecular formula is C20H16N6O3S2. The minimum absolute atomic E-state index is 0.0103. The van der Waals surface area contributed by atoms with Crippen molar-refractivity contribution in [1.82, 2.24) is 19.9 Å². The lowest BCUT2D eigenvalue weighted by Crippen LogP contribution is -2.15. The fourth-order valence-electron chi connectivity index (χ4n) is 3.31. The van der Waals surface area contributed by atoms with Crippen LogP contribution in [0.15, 0.2) is 66.1 Å². The molecule has 1 saturated carbocycles. The summed E-state index contributed by atoms with van der Waals surface area (Å²) in [6.07, 6.45) is 7.00. The number of sulfonamides is 1. The summed E-state index contributed by atoms with van der Waals surface area (Å²) in [5.74, 6) is -0.186. The quantitative estimate of drug-likeness (QED) is 0.460. The fraction of sp³-hybridized carbons (Fsp3) is 0.150. The Labute approximate surface area is 181 Å². The monoisotopic (exact) mass is 452 g/mol. The molecule has 2 N–H and O–H groups in total. The first-order chi connectivity index (χ1) is 15.0. The lowest BCUT2D eigenvalue weighted by molar-refractivity contribution is -0.117. The average molecular weight is 453 g/mol. The highest BCUT2D eigenvalue weighted by Gasteiger charge is 2.44. The van der Waals surface area contributed by atoms with E-state index in [0.717, 1.165) is 15.8 Å². The van der Waals surface area contributed by atoms with Gasteiger partial charge in [0.25, 0.3) is 10.0 Å². The summed E-state index contributed by atoms with van der Waals surface area (Å²) in [6, 6.07) is 9.92. The largest absolute Gasteiger partial charge is 0.302 e. The van der Waals surface area contributed by atoms with E-state index in [0.29, 0.717) is 11.6 Å². The minimum atomic E-state index is -3.79. The second-order valence-electron chi connectivity index (χ2n) is 7.05. The summed E-state index contributed by atoms with van der Waals surface area (Å²) in [6.45, 7) is 0. The first-order valence-electron chi connectivity index (χ1n) is 9.41. The van der Waals surface area contributed by atoms with E-state index in [2.05, 4.69) is 30.0 Å². The summed E-state index contributed by atoms with van der Waals surface area (Å²) >= 11 is 1.38. The number of pyridine rings is 1. The van der Waals surface area contributed by atoms with E-state index in [1.807, 2.05) is 0 Å². The van der Waals surface area contributed by atoms with Gasteiger partial charge in [0.1, 0.15) is 0 Å². The Morgan fingerprint density at radius 2 is 1.84 bits per heavy atom. The summed E-state index contributed by atoms with van der Waals surface area (Å²) in [4.78, 5) is 28.9. The van der Waals surface area contributed by atoms with Crippen LogP contribution in [0, 0.1) is 5.92 Å². The Morgan fingerprint density at radius 3 is 2.58 bits per heavy atom. The van der Waals surface area contributed by atoms with Crippen LogP contribution in [-0.2, 0) is 14.8 Å². The lowest BCUT2D eigenvalue weighted by atomic mass is 10.1. The number of carbonyl (C=O) groups is 1. The molecule has 2 atom stereocenters. The minimum Gasteiger partial charge on any atom is -0.302 e. The van der Waals surface area contributed by atoms with Crippen molar-refractivity contribution >= 4 is 48.6 Å². The van der Waals surface area contributed by atoms with Crippen LogP contribution in [0.2, 0.25) is 0 Å². The highest BCUT2D eigenvalue weighted by molar-refractivity contribution is 7.92. The summed E-state index contributed by atoms with van der Waals surface area (Å²) < 4.78 is 28.2. The van der Waals surface area contributed by atoms with Gasteiger partial charge in [-0.25, -0.2) is 28.1 Å². The van der Waals surface area contributed by atoms with Crippen molar-refractivity contribution in [3.8, 4) is 0 Å². The molecule has 1 aromatic carbocycles. The van der Waals surface area contributed by atoms with Gasteiger partial charge >= 0.3 is 0 Å². The van der Waals surface area contributed by atoms with Crippen molar-refractivity contribution < 1.29 is 13.2 Å². The second kappa shape index (κ2) is 7.67. The number of aromatic nitrogens is 4. The Morgan fingerprint density at radius 1 is 1.06 bits per heavy atom. The van der Waals surface area contributed by atoms with Gasteiger partial charge in [-0.2, -0.15) is 0 Å². The van der Waals surface area contributed by atoms with E-state index >= 15 is 0 Å². The molecule has 0 saturated heterocycles. The Bertz CT molecular complexity index is 1320. The van der Waals surface area contributed by atoms with E-state index in [-0.39, 0.29) is 28.6 Å². The third-order valence-electron chi connectivity index (χ3n) is 4.96. The normalized spacial score (nSPS) is 17.9. The number of thiazole rings is 1. The topological polar surface area (TPSA) is 127 Å². The van der Waals surface area contributed by atoms with Crippen LogP contribution in [0.4, 0.5) is 11.1 Å². The number of hydrogen-bond donors (Lipinski definition) is 2. The molecule has 1 aliphatic rings. The van der Waals surface area contributed by atoms with Crippen LogP contribution in [-0.4, -0.2) is 34.3 Å². The Hall–Kier alpha value is -3.44. The number of amides is 1. The number of carbonyl (C=O) groups excluding carboxylic acids is 1. The second-order valence-corrected chi connectivity index (χ2v) is 9.76. The van der Waals surface area contributed by atoms with Gasteiger partial charge in [-0.3, -0.25) is 9.78 Å². The maximum Gasteiger partial charge on any atom is 0.264 e. The van der Waals surface area contributed by atoms with E-state index in [1.54, 1.807) is 36.7 Å². The zero-order valence-corrected chi connectivity index (χ0v) is 17.6. The van der Waals surface area contributed by atoms with E-state index < -0.39 is 10.0 Å². The van der Waals surface area contributed by atoms with Crippen LogP contribution in [0.25, 0.3) is 10.2 Å². The maximum atomic E-state index is 12.6. The van der Waals surface area contributed by atoms with Crippen molar-refractivity contribution in [2.24, 2.45) is 5.92 Å². The first-order valence-corrected chi connectivity index (χ1v) is 11.7. The van der Waals surface area contributed by atoms with Gasteiger partial charge in [0.2, 0.25) is 11.9 Å². The van der Waals surface area contributed by atoms with Gasteiger partial charge in [-0.15, -0.1) is 0 Å². The highest BCUT2D eigenvalue weighted by atomic mass is 32.2. The molecule has 9 nitrogen and oxygen atoms in total. The van der Waals surface area contributed by atoms with Crippen molar-refractivity contribution in [3.05, 3.63) is 66.7 Å². The standard InChI is InChI=1S/C20H16N6O3S2/c27-18(25-20-24-16-6-9-21-11-17(16)30-20)15-10-14(15)12-2-4-13(5-3-12)31(28,29)26-19-22-7-1-8-23-19/h1-9,11,14-15H,10H2,(H,22,23,26)(H,24,25,27). The molecule has 5 rings (SSSR count). The smallest absolute Gasteiger partial charge is 0.264 e. The Kier molecular flexibility index (Phi) is 4.83. The van der Waals surface area contributed by atoms with Crippen LogP contribution < -0.4 is 10.0 Å². The van der Waals surface area contributed by atoms with Crippen LogP contribution in [0.3, 0.4) is 0 Å². The number of rotatable bonds is 6. The maximum absolute atomic E-state index is 12.6. The van der Waals surface area contributed by atoms with Gasteiger partial charge in [-0.05, 0) is 42.2 Å². The molecule has 1 aliphatic carbocycles. The molecule has 1 amide bonds. The molecule has 0 bridgehead atoms. The molecule has 31 heavy (non-hydrogen) atoms. The SMILES string of the molecule is O=C(Nc1nc2ccncc2s1)C1CC1c1ccc(S(=O)(=O)Nc2ncccn2)cc1. The van der Waals surface area contributed by atoms with Gasteiger partial charge in [0.15, 0.2) is 5.13 Å². The third kappa shape index (κ3) is 4.09. The van der Waals surface area contributed by atoms with Gasteiger partial charge < -0.3 is 5.32 Å². The number of benzene rings is 1. The molecule has 0 aliphatic heterocycles.